The molecule has 96 valence electrons. The summed E-state index contributed by atoms with van der Waals surface area (Å²) in [7, 11) is 0. The molecule has 0 aromatic carbocycles. The van der Waals surface area contributed by atoms with Gasteiger partial charge in [-0.1, -0.05) is 35.9 Å². The number of ether oxygens (including phenoxy) is 2. The lowest BCUT2D eigenvalue weighted by atomic mass is 9.90. The second-order valence-corrected chi connectivity index (χ2v) is 4.89. The SMILES string of the molecule is CCCO[C@@H]1C(Br)=CC=C(C(=O)OCC)C1C. The first-order valence-electron chi connectivity index (χ1n) is 5.97. The zero-order chi connectivity index (χ0) is 12.8. The molecular formula is C13H19BrO3. The van der Waals surface area contributed by atoms with E-state index in [1.165, 1.54) is 0 Å². The number of rotatable bonds is 5. The van der Waals surface area contributed by atoms with E-state index in [1.807, 2.05) is 19.9 Å². The quantitative estimate of drug-likeness (QED) is 0.732. The minimum atomic E-state index is -0.249. The van der Waals surface area contributed by atoms with Gasteiger partial charge >= 0.3 is 5.97 Å². The molecule has 3 nitrogen and oxygen atoms in total. The van der Waals surface area contributed by atoms with E-state index in [-0.39, 0.29) is 18.0 Å². The zero-order valence-electron chi connectivity index (χ0n) is 10.5. The minimum absolute atomic E-state index is 0.0139. The van der Waals surface area contributed by atoms with E-state index in [1.54, 1.807) is 6.08 Å². The maximum absolute atomic E-state index is 11.7. The zero-order valence-corrected chi connectivity index (χ0v) is 12.1. The molecule has 0 saturated heterocycles. The van der Waals surface area contributed by atoms with Crippen LogP contribution in [-0.2, 0) is 14.3 Å². The van der Waals surface area contributed by atoms with Crippen LogP contribution in [0, 0.1) is 5.92 Å². The summed E-state index contributed by atoms with van der Waals surface area (Å²) in [4.78, 5) is 11.7. The molecule has 17 heavy (non-hydrogen) atoms. The first-order valence-corrected chi connectivity index (χ1v) is 6.77. The fourth-order valence-corrected chi connectivity index (χ4v) is 2.42. The largest absolute Gasteiger partial charge is 0.463 e. The van der Waals surface area contributed by atoms with Crippen molar-refractivity contribution >= 4 is 21.9 Å². The molecule has 4 heteroatoms. The molecule has 1 aliphatic carbocycles. The van der Waals surface area contributed by atoms with Gasteiger partial charge in [0.15, 0.2) is 0 Å². The Labute approximate surface area is 111 Å². The molecule has 0 aromatic heterocycles. The summed E-state index contributed by atoms with van der Waals surface area (Å²) in [5.41, 5.74) is 0.677. The predicted molar refractivity (Wildman–Crippen MR) is 70.9 cm³/mol. The molecule has 0 heterocycles. The number of carbonyl (C=O) groups is 1. The van der Waals surface area contributed by atoms with Crippen LogP contribution in [-0.4, -0.2) is 25.3 Å². The van der Waals surface area contributed by atoms with Crippen molar-refractivity contribution < 1.29 is 14.3 Å². The van der Waals surface area contributed by atoms with E-state index < -0.39 is 0 Å². The van der Waals surface area contributed by atoms with E-state index in [0.717, 1.165) is 10.9 Å². The van der Waals surface area contributed by atoms with E-state index in [0.29, 0.717) is 18.8 Å². The molecule has 0 spiro atoms. The van der Waals surface area contributed by atoms with Gasteiger partial charge < -0.3 is 9.47 Å². The summed E-state index contributed by atoms with van der Waals surface area (Å²) in [6.07, 6.45) is 4.55. The normalized spacial score (nSPS) is 24.0. The van der Waals surface area contributed by atoms with Crippen molar-refractivity contribution in [1.82, 2.24) is 0 Å². The molecule has 1 aliphatic rings. The topological polar surface area (TPSA) is 35.5 Å². The third-order valence-electron chi connectivity index (χ3n) is 2.65. The predicted octanol–water partition coefficient (Wildman–Crippen LogP) is 3.20. The highest BCUT2D eigenvalue weighted by atomic mass is 79.9. The van der Waals surface area contributed by atoms with Gasteiger partial charge in [-0.2, -0.15) is 0 Å². The Kier molecular flexibility index (Phi) is 5.92. The first kappa shape index (κ1) is 14.5. The highest BCUT2D eigenvalue weighted by Gasteiger charge is 2.30. The number of allylic oxidation sites excluding steroid dienone is 2. The molecule has 1 unspecified atom stereocenters. The average molecular weight is 303 g/mol. The molecule has 0 amide bonds. The third-order valence-corrected chi connectivity index (χ3v) is 3.37. The average Bonchev–Trinajstić information content (AvgIpc) is 2.29. The smallest absolute Gasteiger partial charge is 0.334 e. The Hall–Kier alpha value is -0.610. The van der Waals surface area contributed by atoms with Gasteiger partial charge in [0.05, 0.1) is 12.7 Å². The molecule has 1 rings (SSSR count). The Bertz CT molecular complexity index is 334. The molecule has 0 bridgehead atoms. The molecule has 0 N–H and O–H groups in total. The fourth-order valence-electron chi connectivity index (χ4n) is 1.76. The number of hydrogen-bond acceptors (Lipinski definition) is 3. The molecular weight excluding hydrogens is 284 g/mol. The van der Waals surface area contributed by atoms with Crippen LogP contribution >= 0.6 is 15.9 Å². The van der Waals surface area contributed by atoms with Crippen molar-refractivity contribution in [1.29, 1.82) is 0 Å². The van der Waals surface area contributed by atoms with Gasteiger partial charge in [-0.3, -0.25) is 0 Å². The van der Waals surface area contributed by atoms with Gasteiger partial charge in [-0.15, -0.1) is 0 Å². The fraction of sp³-hybridized carbons (Fsp3) is 0.615. The van der Waals surface area contributed by atoms with E-state index in [4.69, 9.17) is 9.47 Å². The molecule has 0 fully saturated rings. The van der Waals surface area contributed by atoms with Crippen LogP contribution in [0.3, 0.4) is 0 Å². The monoisotopic (exact) mass is 302 g/mol. The number of halogens is 1. The highest BCUT2D eigenvalue weighted by Crippen LogP contribution is 2.32. The maximum Gasteiger partial charge on any atom is 0.334 e. The van der Waals surface area contributed by atoms with Crippen LogP contribution in [0.25, 0.3) is 0 Å². The van der Waals surface area contributed by atoms with Crippen molar-refractivity contribution in [3.8, 4) is 0 Å². The number of carbonyl (C=O) groups excluding carboxylic acids is 1. The van der Waals surface area contributed by atoms with Crippen molar-refractivity contribution in [2.24, 2.45) is 5.92 Å². The first-order chi connectivity index (χ1) is 8.11. The molecule has 0 saturated carbocycles. The standard InChI is InChI=1S/C13H19BrO3/c1-4-8-17-12-9(3)10(6-7-11(12)14)13(15)16-5-2/h6-7,9,12H,4-5,8H2,1-3H3/t9?,12-/m0/s1. The Morgan fingerprint density at radius 3 is 2.71 bits per heavy atom. The van der Waals surface area contributed by atoms with Crippen molar-refractivity contribution in [2.75, 3.05) is 13.2 Å². The highest BCUT2D eigenvalue weighted by molar-refractivity contribution is 9.11. The van der Waals surface area contributed by atoms with Gasteiger partial charge in [-0.05, 0) is 19.4 Å². The summed E-state index contributed by atoms with van der Waals surface area (Å²) in [6, 6.07) is 0. The van der Waals surface area contributed by atoms with Crippen LogP contribution in [0.15, 0.2) is 22.2 Å². The van der Waals surface area contributed by atoms with E-state index >= 15 is 0 Å². The van der Waals surface area contributed by atoms with Crippen LogP contribution in [0.4, 0.5) is 0 Å². The maximum atomic E-state index is 11.7. The van der Waals surface area contributed by atoms with Gasteiger partial charge in [0.25, 0.3) is 0 Å². The van der Waals surface area contributed by atoms with Crippen LogP contribution in [0.5, 0.6) is 0 Å². The summed E-state index contributed by atoms with van der Waals surface area (Å²) < 4.78 is 11.8. The van der Waals surface area contributed by atoms with Gasteiger partial charge in [0.1, 0.15) is 0 Å². The Morgan fingerprint density at radius 2 is 2.12 bits per heavy atom. The molecule has 0 aliphatic heterocycles. The molecule has 0 radical (unpaired) electrons. The van der Waals surface area contributed by atoms with Gasteiger partial charge in [0, 0.05) is 22.6 Å². The Balaban J connectivity index is 2.77. The summed E-state index contributed by atoms with van der Waals surface area (Å²) in [5.74, 6) is -0.235. The Morgan fingerprint density at radius 1 is 1.41 bits per heavy atom. The van der Waals surface area contributed by atoms with E-state index in [9.17, 15) is 4.79 Å². The van der Waals surface area contributed by atoms with Crippen molar-refractivity contribution in [3.63, 3.8) is 0 Å². The van der Waals surface area contributed by atoms with Crippen molar-refractivity contribution in [3.05, 3.63) is 22.2 Å². The summed E-state index contributed by atoms with van der Waals surface area (Å²) in [5, 5.41) is 0. The lowest BCUT2D eigenvalue weighted by molar-refractivity contribution is -0.139. The van der Waals surface area contributed by atoms with Crippen LogP contribution in [0.2, 0.25) is 0 Å². The van der Waals surface area contributed by atoms with E-state index in [2.05, 4.69) is 22.9 Å². The van der Waals surface area contributed by atoms with Crippen molar-refractivity contribution in [2.45, 2.75) is 33.3 Å². The van der Waals surface area contributed by atoms with Crippen LogP contribution in [0.1, 0.15) is 27.2 Å². The summed E-state index contributed by atoms with van der Waals surface area (Å²) >= 11 is 3.48. The second-order valence-electron chi connectivity index (χ2n) is 3.97. The molecule has 0 aromatic rings. The second kappa shape index (κ2) is 6.97. The minimum Gasteiger partial charge on any atom is -0.463 e. The van der Waals surface area contributed by atoms with Crippen LogP contribution < -0.4 is 0 Å². The van der Waals surface area contributed by atoms with Gasteiger partial charge in [-0.25, -0.2) is 4.79 Å². The lowest BCUT2D eigenvalue weighted by Crippen LogP contribution is -2.30. The molecule has 2 atom stereocenters. The summed E-state index contributed by atoms with van der Waals surface area (Å²) in [6.45, 7) is 6.94. The number of esters is 1. The third kappa shape index (κ3) is 3.68. The lowest BCUT2D eigenvalue weighted by Gasteiger charge is -2.28. The number of hydrogen-bond donors (Lipinski definition) is 0. The van der Waals surface area contributed by atoms with Gasteiger partial charge in [0.2, 0.25) is 0 Å².